The Morgan fingerprint density at radius 1 is 1.23 bits per heavy atom. The average Bonchev–Trinajstić information content (AvgIpc) is 2.02. The van der Waals surface area contributed by atoms with Crippen LogP contribution in [0.3, 0.4) is 0 Å². The van der Waals surface area contributed by atoms with Crippen molar-refractivity contribution in [1.29, 1.82) is 0 Å². The summed E-state index contributed by atoms with van der Waals surface area (Å²) < 4.78 is 0. The highest BCUT2D eigenvalue weighted by Crippen LogP contribution is 2.45. The van der Waals surface area contributed by atoms with E-state index in [1.165, 1.54) is 38.5 Å². The summed E-state index contributed by atoms with van der Waals surface area (Å²) in [5, 5.41) is 0. The Bertz CT molecular complexity index is 195. The molecule has 1 heteroatoms. The van der Waals surface area contributed by atoms with Gasteiger partial charge in [-0.3, -0.25) is 4.99 Å². The van der Waals surface area contributed by atoms with Gasteiger partial charge in [-0.15, -0.1) is 0 Å². The van der Waals surface area contributed by atoms with E-state index in [9.17, 15) is 0 Å². The molecule has 0 aromatic heterocycles. The molecule has 0 heterocycles. The first-order chi connectivity index (χ1) is 6.22. The van der Waals surface area contributed by atoms with E-state index in [4.69, 9.17) is 0 Å². The molecule has 0 amide bonds. The van der Waals surface area contributed by atoms with Crippen molar-refractivity contribution in [3.63, 3.8) is 0 Å². The second kappa shape index (κ2) is 3.43. The zero-order chi connectivity index (χ0) is 9.31. The summed E-state index contributed by atoms with van der Waals surface area (Å²) in [6.45, 7) is 4.40. The number of nitrogens with zero attached hydrogens (tertiary/aromatic N) is 1. The van der Waals surface area contributed by atoms with Crippen LogP contribution in [0, 0.1) is 11.8 Å². The summed E-state index contributed by atoms with van der Waals surface area (Å²) >= 11 is 0. The second-order valence-electron chi connectivity index (χ2n) is 5.19. The van der Waals surface area contributed by atoms with E-state index in [0.717, 1.165) is 11.8 Å². The molecular formula is C12H21N. The molecule has 2 aliphatic rings. The summed E-state index contributed by atoms with van der Waals surface area (Å²) in [7, 11) is 0. The van der Waals surface area contributed by atoms with E-state index in [1.54, 1.807) is 0 Å². The molecule has 74 valence electrons. The van der Waals surface area contributed by atoms with Crippen molar-refractivity contribution >= 4 is 6.21 Å². The van der Waals surface area contributed by atoms with Crippen LogP contribution in [-0.4, -0.2) is 11.8 Å². The Morgan fingerprint density at radius 3 is 2.38 bits per heavy atom. The molecule has 0 N–H and O–H groups in total. The van der Waals surface area contributed by atoms with Gasteiger partial charge in [-0.25, -0.2) is 0 Å². The van der Waals surface area contributed by atoms with Gasteiger partial charge in [0.1, 0.15) is 0 Å². The van der Waals surface area contributed by atoms with Crippen LogP contribution in [0.5, 0.6) is 0 Å². The molecule has 2 rings (SSSR count). The van der Waals surface area contributed by atoms with E-state index in [2.05, 4.69) is 18.8 Å². The predicted octanol–water partition coefficient (Wildman–Crippen LogP) is 3.44. The predicted molar refractivity (Wildman–Crippen MR) is 57.3 cm³/mol. The Balaban J connectivity index is 2.08. The van der Waals surface area contributed by atoms with E-state index in [-0.39, 0.29) is 0 Å². The van der Waals surface area contributed by atoms with Crippen LogP contribution in [0.4, 0.5) is 0 Å². The number of hydrogen-bond acceptors (Lipinski definition) is 1. The maximum atomic E-state index is 4.67. The Morgan fingerprint density at radius 2 is 1.85 bits per heavy atom. The van der Waals surface area contributed by atoms with Gasteiger partial charge >= 0.3 is 0 Å². The number of rotatable bonds is 1. The molecule has 0 aromatic carbocycles. The highest BCUT2D eigenvalue weighted by atomic mass is 14.8. The number of fused-ring (bicyclic) bond motifs is 2. The zero-order valence-electron chi connectivity index (χ0n) is 8.92. The Hall–Kier alpha value is -0.330. The first kappa shape index (κ1) is 9.23. The summed E-state index contributed by atoms with van der Waals surface area (Å²) in [4.78, 5) is 4.67. The molecule has 2 fully saturated rings. The van der Waals surface area contributed by atoms with Crippen LogP contribution in [0.2, 0.25) is 0 Å². The fraction of sp³-hybridized carbons (Fsp3) is 0.917. The van der Waals surface area contributed by atoms with Gasteiger partial charge in [0.2, 0.25) is 0 Å². The third kappa shape index (κ3) is 1.95. The van der Waals surface area contributed by atoms with Crippen molar-refractivity contribution in [1.82, 2.24) is 0 Å². The normalized spacial score (nSPS) is 45.4. The third-order valence-corrected chi connectivity index (χ3v) is 3.79. The first-order valence-electron chi connectivity index (χ1n) is 5.72. The molecule has 0 aromatic rings. The van der Waals surface area contributed by atoms with Gasteiger partial charge in [0.25, 0.3) is 0 Å². The van der Waals surface area contributed by atoms with Crippen molar-refractivity contribution in [2.24, 2.45) is 16.8 Å². The lowest BCUT2D eigenvalue weighted by Crippen LogP contribution is -2.37. The minimum Gasteiger partial charge on any atom is -0.291 e. The van der Waals surface area contributed by atoms with E-state index in [0.29, 0.717) is 5.54 Å². The number of hydrogen-bond donors (Lipinski definition) is 0. The maximum Gasteiger partial charge on any atom is 0.0581 e. The lowest BCUT2D eigenvalue weighted by atomic mass is 9.65. The summed E-state index contributed by atoms with van der Waals surface area (Å²) in [5.74, 6) is 1.97. The average molecular weight is 179 g/mol. The van der Waals surface area contributed by atoms with Crippen molar-refractivity contribution in [2.45, 2.75) is 57.9 Å². The molecule has 0 aliphatic heterocycles. The molecule has 2 unspecified atom stereocenters. The van der Waals surface area contributed by atoms with Crippen LogP contribution in [0.1, 0.15) is 52.4 Å². The van der Waals surface area contributed by atoms with Crippen molar-refractivity contribution in [2.75, 3.05) is 0 Å². The smallest absolute Gasteiger partial charge is 0.0581 e. The van der Waals surface area contributed by atoms with Crippen molar-refractivity contribution in [3.8, 4) is 0 Å². The van der Waals surface area contributed by atoms with E-state index < -0.39 is 0 Å². The SMILES string of the molecule is C/C=N\C1(C)CC2CCCC(C2)C1. The maximum absolute atomic E-state index is 4.67. The third-order valence-electron chi connectivity index (χ3n) is 3.79. The highest BCUT2D eigenvalue weighted by Gasteiger charge is 2.38. The summed E-state index contributed by atoms with van der Waals surface area (Å²) in [5.41, 5.74) is 0.294. The quantitative estimate of drug-likeness (QED) is 0.547. The molecule has 2 aliphatic carbocycles. The van der Waals surface area contributed by atoms with Crippen molar-refractivity contribution < 1.29 is 0 Å². The molecule has 2 bridgehead atoms. The van der Waals surface area contributed by atoms with Gasteiger partial charge < -0.3 is 0 Å². The van der Waals surface area contributed by atoms with Crippen LogP contribution in [0.15, 0.2) is 4.99 Å². The van der Waals surface area contributed by atoms with Crippen LogP contribution < -0.4 is 0 Å². The molecule has 2 atom stereocenters. The molecule has 0 spiro atoms. The molecule has 13 heavy (non-hydrogen) atoms. The van der Waals surface area contributed by atoms with Crippen LogP contribution in [-0.2, 0) is 0 Å². The van der Waals surface area contributed by atoms with E-state index in [1.807, 2.05) is 6.21 Å². The Labute approximate surface area is 81.6 Å². The van der Waals surface area contributed by atoms with Gasteiger partial charge in [-0.2, -0.15) is 0 Å². The lowest BCUT2D eigenvalue weighted by Gasteiger charge is -2.43. The second-order valence-corrected chi connectivity index (χ2v) is 5.19. The van der Waals surface area contributed by atoms with Crippen LogP contribution in [0.25, 0.3) is 0 Å². The topological polar surface area (TPSA) is 12.4 Å². The summed E-state index contributed by atoms with van der Waals surface area (Å²) in [6.07, 6.45) is 10.6. The minimum absolute atomic E-state index is 0.294. The summed E-state index contributed by atoms with van der Waals surface area (Å²) in [6, 6.07) is 0. The van der Waals surface area contributed by atoms with Gasteiger partial charge in [0.05, 0.1) is 5.54 Å². The highest BCUT2D eigenvalue weighted by molar-refractivity contribution is 5.54. The molecule has 0 radical (unpaired) electrons. The largest absolute Gasteiger partial charge is 0.291 e. The molecule has 0 saturated heterocycles. The first-order valence-corrected chi connectivity index (χ1v) is 5.72. The minimum atomic E-state index is 0.294. The standard InChI is InChI=1S/C12H21N/c1-3-13-12(2)8-10-5-4-6-11(7-10)9-12/h3,10-11H,4-9H2,1-2H3/b13-3-. The van der Waals surface area contributed by atoms with Crippen molar-refractivity contribution in [3.05, 3.63) is 0 Å². The van der Waals surface area contributed by atoms with Gasteiger partial charge in [0.15, 0.2) is 0 Å². The fourth-order valence-corrected chi connectivity index (χ4v) is 3.52. The monoisotopic (exact) mass is 179 g/mol. The number of aliphatic imine (C=N–C) groups is 1. The fourth-order valence-electron chi connectivity index (χ4n) is 3.52. The molecule has 1 nitrogen and oxygen atoms in total. The van der Waals surface area contributed by atoms with Gasteiger partial charge in [0, 0.05) is 0 Å². The Kier molecular flexibility index (Phi) is 2.44. The zero-order valence-corrected chi connectivity index (χ0v) is 8.92. The molecule has 2 saturated carbocycles. The lowest BCUT2D eigenvalue weighted by molar-refractivity contribution is 0.126. The van der Waals surface area contributed by atoms with Gasteiger partial charge in [-0.1, -0.05) is 19.3 Å². The van der Waals surface area contributed by atoms with Crippen LogP contribution >= 0.6 is 0 Å². The van der Waals surface area contributed by atoms with Gasteiger partial charge in [-0.05, 0) is 51.2 Å². The molecular weight excluding hydrogens is 158 g/mol. The van der Waals surface area contributed by atoms with E-state index >= 15 is 0 Å².